The molecule has 1 amide bonds. The predicted octanol–water partition coefficient (Wildman–Crippen LogP) is -7.27. The third kappa shape index (κ3) is 11.8. The summed E-state index contributed by atoms with van der Waals surface area (Å²) in [5.74, 6) is -2.63. The fourth-order valence-corrected chi connectivity index (χ4v) is 6.83. The lowest BCUT2D eigenvalue weighted by Gasteiger charge is -2.48. The number of carbonyl (C=O) groups excluding carboxylic acids is 2. The minimum atomic E-state index is -1.84. The first-order valence-electron chi connectivity index (χ1n) is 18.3. The van der Waals surface area contributed by atoms with Gasteiger partial charge in [-0.05, 0) is 5.92 Å². The molecule has 4 heterocycles. The van der Waals surface area contributed by atoms with E-state index in [1.165, 1.54) is 4.90 Å². The molecule has 17 atom stereocenters. The van der Waals surface area contributed by atoms with Crippen LogP contribution < -0.4 is 5.32 Å². The van der Waals surface area contributed by atoms with Gasteiger partial charge in [0.2, 0.25) is 5.91 Å². The van der Waals surface area contributed by atoms with E-state index in [9.17, 15) is 65.4 Å². The quantitative estimate of drug-likeness (QED) is 0.0611. The molecular formula is C33H56N2O21. The van der Waals surface area contributed by atoms with Crippen LogP contribution in [0.3, 0.4) is 0 Å². The topological polar surface area (TPSA) is 354 Å². The number of aliphatic carboxylic acids is 1. The van der Waals surface area contributed by atoms with Gasteiger partial charge in [-0.1, -0.05) is 13.8 Å². The van der Waals surface area contributed by atoms with Gasteiger partial charge in [-0.15, -0.1) is 0 Å². The maximum atomic E-state index is 12.6. The number of nitrogens with one attached hydrogen (secondary N) is 1. The number of carboxylic acid groups (broad SMARTS) is 1. The van der Waals surface area contributed by atoms with Crippen molar-refractivity contribution in [3.05, 3.63) is 0 Å². The smallest absolute Gasteiger partial charge is 0.303 e. The highest BCUT2D eigenvalue weighted by molar-refractivity contribution is 5.88. The molecule has 17 unspecified atom stereocenters. The summed E-state index contributed by atoms with van der Waals surface area (Å²) < 4.78 is 40.1. The van der Waals surface area contributed by atoms with Gasteiger partial charge in [0.15, 0.2) is 24.7 Å². The molecule has 4 aliphatic rings. The van der Waals surface area contributed by atoms with Crippen molar-refractivity contribution in [2.75, 3.05) is 52.6 Å². The lowest BCUT2D eigenvalue weighted by molar-refractivity contribution is -0.354. The Labute approximate surface area is 321 Å². The van der Waals surface area contributed by atoms with E-state index in [4.69, 9.17) is 38.3 Å². The fraction of sp³-hybridized carbons (Fsp3) is 0.909. The molecule has 0 bridgehead atoms. The van der Waals surface area contributed by atoms with Crippen LogP contribution in [0, 0.1) is 5.92 Å². The van der Waals surface area contributed by atoms with Gasteiger partial charge in [-0.25, -0.2) is 0 Å². The number of Topliss-reactive ketones (excluding diaryl/α,β-unsaturated/α-hetero) is 1. The van der Waals surface area contributed by atoms with E-state index in [0.717, 1.165) is 0 Å². The lowest BCUT2D eigenvalue weighted by atomic mass is 9.89. The summed E-state index contributed by atoms with van der Waals surface area (Å²) in [6, 6.07) is 0. The third-order valence-electron chi connectivity index (χ3n) is 9.96. The van der Waals surface area contributed by atoms with Crippen LogP contribution in [0.15, 0.2) is 0 Å². The second kappa shape index (κ2) is 21.2. The van der Waals surface area contributed by atoms with Crippen LogP contribution in [0.25, 0.3) is 0 Å². The first kappa shape index (κ1) is 46.6. The molecule has 0 aromatic rings. The summed E-state index contributed by atoms with van der Waals surface area (Å²) in [4.78, 5) is 36.6. The summed E-state index contributed by atoms with van der Waals surface area (Å²) in [5, 5.41) is 116. The summed E-state index contributed by atoms with van der Waals surface area (Å²) in [7, 11) is 0. The second-order valence-corrected chi connectivity index (χ2v) is 14.6. The van der Waals surface area contributed by atoms with Crippen LogP contribution in [0.4, 0.5) is 0 Å². The SMILES string of the molecule is CC(C)C1OC(COC2OC(CO)C(O)C(OC3CN(CC(=O)NCC(=O)CCC(=O)O)CC(CO)O3)C2O)C(O)C(OC2OC(CO)C(O)C(O)C2O)C1O. The van der Waals surface area contributed by atoms with Crippen LogP contribution in [-0.2, 0) is 47.5 Å². The van der Waals surface area contributed by atoms with Crippen molar-refractivity contribution in [3.63, 3.8) is 0 Å². The average molecular weight is 817 g/mol. The van der Waals surface area contributed by atoms with Crippen LogP contribution in [0.2, 0.25) is 0 Å². The Kier molecular flexibility index (Phi) is 17.7. The summed E-state index contributed by atoms with van der Waals surface area (Å²) >= 11 is 0. The molecule has 0 aromatic heterocycles. The zero-order chi connectivity index (χ0) is 41.4. The van der Waals surface area contributed by atoms with Crippen molar-refractivity contribution in [1.82, 2.24) is 10.2 Å². The molecule has 4 fully saturated rings. The van der Waals surface area contributed by atoms with Crippen molar-refractivity contribution >= 4 is 17.7 Å². The lowest BCUT2D eigenvalue weighted by Crippen LogP contribution is -2.65. The summed E-state index contributed by atoms with van der Waals surface area (Å²) in [5.41, 5.74) is 0. The van der Waals surface area contributed by atoms with Crippen LogP contribution >= 0.6 is 0 Å². The minimum absolute atomic E-state index is 0.0531. The van der Waals surface area contributed by atoms with Gasteiger partial charge in [-0.3, -0.25) is 19.3 Å². The number of morpholine rings is 1. The normalized spacial score (nSPS) is 41.1. The van der Waals surface area contributed by atoms with E-state index in [1.54, 1.807) is 13.8 Å². The molecule has 4 saturated heterocycles. The Morgan fingerprint density at radius 3 is 1.95 bits per heavy atom. The molecule has 324 valence electrons. The molecule has 0 aromatic carbocycles. The summed E-state index contributed by atoms with van der Waals surface area (Å²) in [6.07, 6.45) is -26.3. The molecule has 12 N–H and O–H groups in total. The highest BCUT2D eigenvalue weighted by Gasteiger charge is 2.52. The summed E-state index contributed by atoms with van der Waals surface area (Å²) in [6.45, 7) is 0.0721. The number of amides is 1. The van der Waals surface area contributed by atoms with Gasteiger partial charge in [0.1, 0.15) is 73.2 Å². The van der Waals surface area contributed by atoms with Gasteiger partial charge >= 0.3 is 5.97 Å². The van der Waals surface area contributed by atoms with Crippen LogP contribution in [0.1, 0.15) is 26.7 Å². The number of carbonyl (C=O) groups is 3. The molecule has 0 spiro atoms. The molecule has 0 radical (unpaired) electrons. The van der Waals surface area contributed by atoms with Gasteiger partial charge in [0, 0.05) is 13.0 Å². The fourth-order valence-electron chi connectivity index (χ4n) is 6.83. The Morgan fingerprint density at radius 2 is 1.32 bits per heavy atom. The number of ketones is 1. The standard InChI is InChI=1S/C33H56N2O21/c1-13(2)29-27(48)30(56-33-26(47)25(46)22(43)16(10-37)54-33)24(45)18(52-29)12-50-32-28(49)31(23(44)17(11-38)53-32)55-21-8-35(6-15(9-36)51-21)7-19(40)34-5-14(39)3-4-20(41)42/h13,15-18,21-33,36-38,43-49H,3-12H2,1-2H3,(H,34,40)(H,41,42). The number of aliphatic hydroxyl groups excluding tert-OH is 10. The largest absolute Gasteiger partial charge is 0.481 e. The molecule has 56 heavy (non-hydrogen) atoms. The van der Waals surface area contributed by atoms with Crippen molar-refractivity contribution in [2.45, 2.75) is 131 Å². The van der Waals surface area contributed by atoms with Crippen LogP contribution in [0.5, 0.6) is 0 Å². The first-order valence-corrected chi connectivity index (χ1v) is 18.3. The molecular weight excluding hydrogens is 760 g/mol. The Balaban J connectivity index is 1.41. The number of ether oxygens (including phenoxy) is 7. The van der Waals surface area contributed by atoms with Crippen molar-refractivity contribution in [2.24, 2.45) is 5.92 Å². The highest BCUT2D eigenvalue weighted by Crippen LogP contribution is 2.33. The number of aliphatic hydroxyl groups is 10. The van der Waals surface area contributed by atoms with Gasteiger partial charge in [-0.2, -0.15) is 0 Å². The monoisotopic (exact) mass is 816 g/mol. The van der Waals surface area contributed by atoms with E-state index in [0.29, 0.717) is 0 Å². The van der Waals surface area contributed by atoms with E-state index in [2.05, 4.69) is 5.32 Å². The zero-order valence-electron chi connectivity index (χ0n) is 30.9. The Hall–Kier alpha value is -2.11. The Bertz CT molecular complexity index is 1260. The number of hydrogen-bond donors (Lipinski definition) is 12. The van der Waals surface area contributed by atoms with E-state index in [-0.39, 0.29) is 38.4 Å². The van der Waals surface area contributed by atoms with Gasteiger partial charge in [0.25, 0.3) is 0 Å². The maximum Gasteiger partial charge on any atom is 0.303 e. The molecule has 23 heteroatoms. The highest BCUT2D eigenvalue weighted by atomic mass is 16.7. The maximum absolute atomic E-state index is 12.6. The van der Waals surface area contributed by atoms with E-state index in [1.807, 2.05) is 0 Å². The van der Waals surface area contributed by atoms with Gasteiger partial charge in [0.05, 0.1) is 64.7 Å². The van der Waals surface area contributed by atoms with E-state index >= 15 is 0 Å². The van der Waals surface area contributed by atoms with Crippen LogP contribution in [-0.4, -0.2) is 236 Å². The average Bonchev–Trinajstić information content (AvgIpc) is 3.16. The number of hydrogen-bond acceptors (Lipinski definition) is 21. The molecule has 4 rings (SSSR count). The van der Waals surface area contributed by atoms with E-state index < -0.39 is 155 Å². The Morgan fingerprint density at radius 1 is 0.696 bits per heavy atom. The van der Waals surface area contributed by atoms with Crippen molar-refractivity contribution < 1.29 is 104 Å². The number of nitrogens with zero attached hydrogens (tertiary/aromatic N) is 1. The molecule has 0 saturated carbocycles. The second-order valence-electron chi connectivity index (χ2n) is 14.6. The zero-order valence-corrected chi connectivity index (χ0v) is 30.9. The molecule has 0 aliphatic carbocycles. The third-order valence-corrected chi connectivity index (χ3v) is 9.96. The molecule has 23 nitrogen and oxygen atoms in total. The van der Waals surface area contributed by atoms with Gasteiger partial charge < -0.3 is 94.6 Å². The minimum Gasteiger partial charge on any atom is -0.481 e. The predicted molar refractivity (Wildman–Crippen MR) is 180 cm³/mol. The first-order chi connectivity index (χ1) is 26.5. The number of rotatable bonds is 18. The van der Waals surface area contributed by atoms with Crippen molar-refractivity contribution in [3.8, 4) is 0 Å². The van der Waals surface area contributed by atoms with Crippen molar-refractivity contribution in [1.29, 1.82) is 0 Å². The number of carboxylic acids is 1. The molecule has 4 aliphatic heterocycles.